The average molecular weight is 305 g/mol. The Morgan fingerprint density at radius 1 is 0.957 bits per heavy atom. The van der Waals surface area contributed by atoms with Crippen LogP contribution in [-0.4, -0.2) is 24.5 Å². The van der Waals surface area contributed by atoms with Crippen LogP contribution < -0.4 is 0 Å². The van der Waals surface area contributed by atoms with Gasteiger partial charge in [-0.2, -0.15) is 10.2 Å². The van der Waals surface area contributed by atoms with E-state index < -0.39 is 0 Å². The molecule has 0 spiro atoms. The first-order valence-corrected chi connectivity index (χ1v) is 7.88. The van der Waals surface area contributed by atoms with Crippen LogP contribution in [0.25, 0.3) is 11.6 Å². The third-order valence-electron chi connectivity index (χ3n) is 3.41. The Morgan fingerprint density at radius 3 is 2.13 bits per heavy atom. The first-order chi connectivity index (χ1) is 11.4. The van der Waals surface area contributed by atoms with Crippen molar-refractivity contribution in [1.82, 2.24) is 24.5 Å². The van der Waals surface area contributed by atoms with Gasteiger partial charge < -0.3 is 0 Å². The van der Waals surface area contributed by atoms with Gasteiger partial charge in [0.25, 0.3) is 0 Å². The van der Waals surface area contributed by atoms with Crippen LogP contribution in [0.4, 0.5) is 0 Å². The van der Waals surface area contributed by atoms with E-state index >= 15 is 0 Å². The minimum Gasteiger partial charge on any atom is -0.223 e. The van der Waals surface area contributed by atoms with E-state index in [-0.39, 0.29) is 0 Å². The molecule has 5 nitrogen and oxygen atoms in total. The van der Waals surface area contributed by atoms with Crippen molar-refractivity contribution in [3.05, 3.63) is 54.6 Å². The number of unbranched alkanes of at least 4 members (excludes halogenated alkanes) is 3. The molecule has 3 rings (SSSR count). The van der Waals surface area contributed by atoms with Gasteiger partial charge in [-0.15, -0.1) is 0 Å². The number of aromatic nitrogens is 5. The molecular formula is C18H19N5. The standard InChI is InChI=1S/C18H19N5/c1-2-3-4-5-6-9-16-14-17(22-12-7-10-19-22)21-18(15-16)23-13-8-11-20-23/h7-8,10-15H,2-5H2,1H3. The van der Waals surface area contributed by atoms with Crippen molar-refractivity contribution in [2.24, 2.45) is 0 Å². The first-order valence-electron chi connectivity index (χ1n) is 7.88. The molecule has 0 unspecified atom stereocenters. The van der Waals surface area contributed by atoms with Gasteiger partial charge >= 0.3 is 0 Å². The molecule has 116 valence electrons. The van der Waals surface area contributed by atoms with Crippen molar-refractivity contribution >= 4 is 0 Å². The highest BCUT2D eigenvalue weighted by Crippen LogP contribution is 2.12. The normalized spacial score (nSPS) is 10.3. The van der Waals surface area contributed by atoms with Gasteiger partial charge in [0.05, 0.1) is 0 Å². The van der Waals surface area contributed by atoms with Gasteiger partial charge in [0, 0.05) is 36.8 Å². The van der Waals surface area contributed by atoms with E-state index in [1.54, 1.807) is 21.8 Å². The van der Waals surface area contributed by atoms with Crippen LogP contribution in [0.5, 0.6) is 0 Å². The molecule has 0 amide bonds. The summed E-state index contributed by atoms with van der Waals surface area (Å²) in [5.74, 6) is 7.95. The molecule has 0 atom stereocenters. The fourth-order valence-corrected chi connectivity index (χ4v) is 2.25. The molecule has 0 aliphatic rings. The fraction of sp³-hybridized carbons (Fsp3) is 0.278. The maximum absolute atomic E-state index is 4.61. The van der Waals surface area contributed by atoms with Crippen LogP contribution in [0.2, 0.25) is 0 Å². The molecule has 5 heteroatoms. The minimum absolute atomic E-state index is 0.737. The monoisotopic (exact) mass is 305 g/mol. The van der Waals surface area contributed by atoms with Gasteiger partial charge in [-0.25, -0.2) is 14.3 Å². The Kier molecular flexibility index (Phi) is 4.85. The zero-order valence-corrected chi connectivity index (χ0v) is 13.2. The highest BCUT2D eigenvalue weighted by molar-refractivity contribution is 5.45. The zero-order chi connectivity index (χ0) is 15.9. The first kappa shape index (κ1) is 15.0. The molecule has 0 aliphatic heterocycles. The maximum Gasteiger partial charge on any atom is 0.157 e. The summed E-state index contributed by atoms with van der Waals surface area (Å²) >= 11 is 0. The van der Waals surface area contributed by atoms with Crippen LogP contribution in [0, 0.1) is 11.8 Å². The van der Waals surface area contributed by atoms with E-state index in [1.165, 1.54) is 12.8 Å². The van der Waals surface area contributed by atoms with E-state index in [0.717, 1.165) is 30.0 Å². The number of rotatable bonds is 5. The van der Waals surface area contributed by atoms with Gasteiger partial charge in [0.2, 0.25) is 0 Å². The molecule has 0 saturated heterocycles. The van der Waals surface area contributed by atoms with Crippen molar-refractivity contribution in [1.29, 1.82) is 0 Å². The largest absolute Gasteiger partial charge is 0.223 e. The lowest BCUT2D eigenvalue weighted by molar-refractivity contribution is 0.737. The van der Waals surface area contributed by atoms with Crippen LogP contribution in [0.3, 0.4) is 0 Å². The van der Waals surface area contributed by atoms with Crippen LogP contribution in [0.15, 0.2) is 49.1 Å². The van der Waals surface area contributed by atoms with Crippen LogP contribution >= 0.6 is 0 Å². The van der Waals surface area contributed by atoms with Gasteiger partial charge in [-0.05, 0) is 30.7 Å². The summed E-state index contributed by atoms with van der Waals surface area (Å²) in [5, 5.41) is 8.49. The predicted octanol–water partition coefficient (Wildman–Crippen LogP) is 3.38. The molecule has 3 aromatic rings. The van der Waals surface area contributed by atoms with Crippen molar-refractivity contribution in [2.75, 3.05) is 0 Å². The Labute approximate surface area is 136 Å². The van der Waals surface area contributed by atoms with E-state index in [4.69, 9.17) is 0 Å². The lowest BCUT2D eigenvalue weighted by Crippen LogP contribution is -2.05. The van der Waals surface area contributed by atoms with Crippen LogP contribution in [-0.2, 0) is 0 Å². The molecule has 0 fully saturated rings. The molecule has 0 radical (unpaired) electrons. The molecule has 3 heterocycles. The van der Waals surface area contributed by atoms with E-state index in [2.05, 4.69) is 33.9 Å². The highest BCUT2D eigenvalue weighted by atomic mass is 15.3. The molecule has 0 aromatic carbocycles. The molecule has 3 aromatic heterocycles. The van der Waals surface area contributed by atoms with Gasteiger partial charge in [-0.3, -0.25) is 0 Å². The lowest BCUT2D eigenvalue weighted by atomic mass is 10.2. The number of pyridine rings is 1. The fourth-order valence-electron chi connectivity index (χ4n) is 2.25. The second-order valence-electron chi connectivity index (χ2n) is 5.23. The minimum atomic E-state index is 0.737. The zero-order valence-electron chi connectivity index (χ0n) is 13.2. The van der Waals surface area contributed by atoms with E-state index in [1.807, 2.05) is 36.7 Å². The Hall–Kier alpha value is -2.87. The Morgan fingerprint density at radius 2 is 1.61 bits per heavy atom. The Bertz CT molecular complexity index is 739. The van der Waals surface area contributed by atoms with E-state index in [9.17, 15) is 0 Å². The summed E-state index contributed by atoms with van der Waals surface area (Å²) in [6.07, 6.45) is 11.7. The van der Waals surface area contributed by atoms with Crippen LogP contribution in [0.1, 0.15) is 38.2 Å². The van der Waals surface area contributed by atoms with Crippen molar-refractivity contribution < 1.29 is 0 Å². The summed E-state index contributed by atoms with van der Waals surface area (Å²) in [4.78, 5) is 4.61. The molecule has 0 N–H and O–H groups in total. The molecule has 0 saturated carbocycles. The summed E-state index contributed by atoms with van der Waals surface area (Å²) in [6.45, 7) is 2.20. The Balaban J connectivity index is 1.92. The third-order valence-corrected chi connectivity index (χ3v) is 3.41. The van der Waals surface area contributed by atoms with Crippen molar-refractivity contribution in [2.45, 2.75) is 32.6 Å². The van der Waals surface area contributed by atoms with Gasteiger partial charge in [-0.1, -0.05) is 31.6 Å². The number of nitrogens with zero attached hydrogens (tertiary/aromatic N) is 5. The third kappa shape index (κ3) is 3.86. The second kappa shape index (κ2) is 7.41. The summed E-state index contributed by atoms with van der Waals surface area (Å²) in [6, 6.07) is 7.65. The highest BCUT2D eigenvalue weighted by Gasteiger charge is 2.05. The SMILES string of the molecule is CCCCCC#Cc1cc(-n2cccn2)nc(-n2cccn2)c1. The van der Waals surface area contributed by atoms with Crippen molar-refractivity contribution in [3.8, 4) is 23.5 Å². The topological polar surface area (TPSA) is 48.5 Å². The molecule has 23 heavy (non-hydrogen) atoms. The van der Waals surface area contributed by atoms with E-state index in [0.29, 0.717) is 0 Å². The predicted molar refractivity (Wildman–Crippen MR) is 89.5 cm³/mol. The molecule has 0 bridgehead atoms. The summed E-state index contributed by atoms with van der Waals surface area (Å²) in [5.41, 5.74) is 0.924. The van der Waals surface area contributed by atoms with Crippen molar-refractivity contribution in [3.63, 3.8) is 0 Å². The summed E-state index contributed by atoms with van der Waals surface area (Å²) in [7, 11) is 0. The van der Waals surface area contributed by atoms with Gasteiger partial charge in [0.15, 0.2) is 11.6 Å². The molecule has 0 aliphatic carbocycles. The van der Waals surface area contributed by atoms with Gasteiger partial charge in [0.1, 0.15) is 0 Å². The quantitative estimate of drug-likeness (QED) is 0.536. The average Bonchev–Trinajstić information content (AvgIpc) is 3.28. The number of hydrogen-bond donors (Lipinski definition) is 0. The molecular weight excluding hydrogens is 286 g/mol. The maximum atomic E-state index is 4.61. The summed E-state index contributed by atoms with van der Waals surface area (Å²) < 4.78 is 3.46. The lowest BCUT2D eigenvalue weighted by Gasteiger charge is -2.06. The smallest absolute Gasteiger partial charge is 0.157 e. The number of hydrogen-bond acceptors (Lipinski definition) is 3. The second-order valence-corrected chi connectivity index (χ2v) is 5.23.